The number of carbonyl (C=O) groups excluding carboxylic acids is 1. The van der Waals surface area contributed by atoms with Crippen molar-refractivity contribution in [2.24, 2.45) is 5.41 Å². The van der Waals surface area contributed by atoms with Crippen molar-refractivity contribution in [3.63, 3.8) is 0 Å². The first-order valence-electron chi connectivity index (χ1n) is 4.33. The van der Waals surface area contributed by atoms with E-state index in [0.29, 0.717) is 17.8 Å². The molecule has 0 bridgehead atoms. The lowest BCUT2D eigenvalue weighted by Gasteiger charge is -2.08. The second-order valence-electron chi connectivity index (χ2n) is 3.47. The van der Waals surface area contributed by atoms with Gasteiger partial charge in [0.05, 0.1) is 5.00 Å². The number of rotatable bonds is 3. The molecule has 1 fully saturated rings. The molecular weight excluding hydrogens is 221 g/mol. The minimum atomic E-state index is -1.28. The molecule has 80 valence electrons. The molecule has 0 aromatic carbocycles. The van der Waals surface area contributed by atoms with Crippen LogP contribution >= 0.6 is 11.3 Å². The highest BCUT2D eigenvalue weighted by atomic mass is 32.1. The molecule has 0 radical (unpaired) electrons. The van der Waals surface area contributed by atoms with E-state index in [4.69, 9.17) is 5.11 Å². The smallest absolute Gasteiger partial charge is 0.319 e. The molecule has 1 aliphatic rings. The molecule has 0 aliphatic heterocycles. The summed E-state index contributed by atoms with van der Waals surface area (Å²) in [7, 11) is 0. The molecule has 0 saturated heterocycles. The van der Waals surface area contributed by atoms with Gasteiger partial charge in [-0.05, 0) is 12.8 Å². The first-order chi connectivity index (χ1) is 7.04. The number of halogens is 1. The van der Waals surface area contributed by atoms with Crippen LogP contribution in [0, 0.1) is 11.2 Å². The van der Waals surface area contributed by atoms with Crippen LogP contribution in [0.1, 0.15) is 12.8 Å². The van der Waals surface area contributed by atoms with Gasteiger partial charge in [-0.3, -0.25) is 9.59 Å². The summed E-state index contributed by atoms with van der Waals surface area (Å²) in [5.74, 6) is -2.11. The number of carboxylic acid groups (broad SMARTS) is 1. The van der Waals surface area contributed by atoms with Crippen molar-refractivity contribution in [3.8, 4) is 0 Å². The van der Waals surface area contributed by atoms with Gasteiger partial charge in [-0.2, -0.15) is 0 Å². The number of thiophene rings is 1. The van der Waals surface area contributed by atoms with E-state index in [1.807, 2.05) is 0 Å². The molecule has 0 spiro atoms. The summed E-state index contributed by atoms with van der Waals surface area (Å²) < 4.78 is 12.6. The first-order valence-corrected chi connectivity index (χ1v) is 5.21. The van der Waals surface area contributed by atoms with Crippen LogP contribution in [0.25, 0.3) is 0 Å². The maximum atomic E-state index is 12.6. The Hall–Kier alpha value is -1.43. The van der Waals surface area contributed by atoms with Gasteiger partial charge in [-0.25, -0.2) is 4.39 Å². The summed E-state index contributed by atoms with van der Waals surface area (Å²) in [6.07, 6.45) is 0.698. The van der Waals surface area contributed by atoms with E-state index in [-0.39, 0.29) is 0 Å². The molecule has 0 unspecified atom stereocenters. The van der Waals surface area contributed by atoms with E-state index in [1.165, 1.54) is 11.4 Å². The maximum absolute atomic E-state index is 12.6. The van der Waals surface area contributed by atoms with Crippen molar-refractivity contribution >= 4 is 28.2 Å². The van der Waals surface area contributed by atoms with E-state index in [2.05, 4.69) is 5.32 Å². The van der Waals surface area contributed by atoms with Crippen molar-refractivity contribution in [1.82, 2.24) is 0 Å². The average molecular weight is 229 g/mol. The summed E-state index contributed by atoms with van der Waals surface area (Å²) in [6.45, 7) is 0. The molecule has 0 atom stereocenters. The lowest BCUT2D eigenvalue weighted by Crippen LogP contribution is -2.30. The Labute approximate surface area is 88.7 Å². The van der Waals surface area contributed by atoms with Crippen LogP contribution in [0.3, 0.4) is 0 Å². The van der Waals surface area contributed by atoms with Crippen LogP contribution in [-0.4, -0.2) is 17.0 Å². The van der Waals surface area contributed by atoms with Gasteiger partial charge < -0.3 is 10.4 Å². The minimum Gasteiger partial charge on any atom is -0.480 e. The fraction of sp³-hybridized carbons (Fsp3) is 0.333. The molecule has 1 aliphatic carbocycles. The average Bonchev–Trinajstić information content (AvgIpc) is 2.88. The van der Waals surface area contributed by atoms with Crippen molar-refractivity contribution in [2.75, 3.05) is 5.32 Å². The molecule has 1 aromatic heterocycles. The summed E-state index contributed by atoms with van der Waals surface area (Å²) in [4.78, 5) is 22.3. The molecule has 2 N–H and O–H groups in total. The first kappa shape index (κ1) is 10.1. The number of carboxylic acids is 1. The van der Waals surface area contributed by atoms with Crippen molar-refractivity contribution in [1.29, 1.82) is 0 Å². The number of nitrogens with one attached hydrogen (secondary N) is 1. The second-order valence-corrected chi connectivity index (χ2v) is 4.38. The van der Waals surface area contributed by atoms with E-state index < -0.39 is 23.1 Å². The van der Waals surface area contributed by atoms with Gasteiger partial charge in [0.25, 0.3) is 0 Å². The van der Waals surface area contributed by atoms with Crippen LogP contribution < -0.4 is 5.32 Å². The van der Waals surface area contributed by atoms with Gasteiger partial charge in [0.15, 0.2) is 0 Å². The molecule has 15 heavy (non-hydrogen) atoms. The molecular formula is C9H8FNO3S. The minimum absolute atomic E-state index is 0.338. The quantitative estimate of drug-likeness (QED) is 0.775. The van der Waals surface area contributed by atoms with Gasteiger partial charge in [-0.1, -0.05) is 0 Å². The molecule has 1 heterocycles. The van der Waals surface area contributed by atoms with Crippen LogP contribution in [0.5, 0.6) is 0 Å². The fourth-order valence-electron chi connectivity index (χ4n) is 1.27. The molecule has 1 amide bonds. The molecule has 4 nitrogen and oxygen atoms in total. The molecule has 2 rings (SSSR count). The van der Waals surface area contributed by atoms with Crippen LogP contribution in [0.4, 0.5) is 9.39 Å². The van der Waals surface area contributed by atoms with Crippen LogP contribution in [-0.2, 0) is 9.59 Å². The Morgan fingerprint density at radius 2 is 2.20 bits per heavy atom. The summed E-state index contributed by atoms with van der Waals surface area (Å²) >= 11 is 1.03. The van der Waals surface area contributed by atoms with E-state index in [9.17, 15) is 14.0 Å². The Morgan fingerprint density at radius 3 is 2.60 bits per heavy atom. The zero-order valence-corrected chi connectivity index (χ0v) is 8.44. The fourth-order valence-corrected chi connectivity index (χ4v) is 1.91. The van der Waals surface area contributed by atoms with Crippen LogP contribution in [0.2, 0.25) is 0 Å². The van der Waals surface area contributed by atoms with Gasteiger partial charge in [0.2, 0.25) is 5.91 Å². The highest BCUT2D eigenvalue weighted by Crippen LogP contribution is 2.46. The monoisotopic (exact) mass is 229 g/mol. The van der Waals surface area contributed by atoms with E-state index >= 15 is 0 Å². The third kappa shape index (κ3) is 1.72. The number of aliphatic carboxylic acids is 1. The molecule has 1 saturated carbocycles. The normalized spacial score (nSPS) is 17.1. The second kappa shape index (κ2) is 3.30. The molecule has 6 heteroatoms. The SMILES string of the molecule is O=C(O)C1(C(=O)Nc2cc(F)cs2)CC1. The predicted molar refractivity (Wildman–Crippen MR) is 52.2 cm³/mol. The third-order valence-electron chi connectivity index (χ3n) is 2.40. The van der Waals surface area contributed by atoms with Crippen molar-refractivity contribution < 1.29 is 19.1 Å². The van der Waals surface area contributed by atoms with E-state index in [1.54, 1.807) is 0 Å². The summed E-state index contributed by atoms with van der Waals surface area (Å²) in [5.41, 5.74) is -1.28. The lowest BCUT2D eigenvalue weighted by atomic mass is 10.1. The summed E-state index contributed by atoms with van der Waals surface area (Å²) in [5, 5.41) is 12.8. The van der Waals surface area contributed by atoms with Gasteiger partial charge >= 0.3 is 5.97 Å². The Morgan fingerprint density at radius 1 is 1.53 bits per heavy atom. The predicted octanol–water partition coefficient (Wildman–Crippen LogP) is 1.69. The Kier molecular flexibility index (Phi) is 2.22. The zero-order chi connectivity index (χ0) is 11.1. The third-order valence-corrected chi connectivity index (χ3v) is 3.22. The van der Waals surface area contributed by atoms with Crippen molar-refractivity contribution in [2.45, 2.75) is 12.8 Å². The zero-order valence-electron chi connectivity index (χ0n) is 7.62. The van der Waals surface area contributed by atoms with Crippen LogP contribution in [0.15, 0.2) is 11.4 Å². The number of amides is 1. The largest absolute Gasteiger partial charge is 0.480 e. The number of carbonyl (C=O) groups is 2. The number of hydrogen-bond acceptors (Lipinski definition) is 3. The molecule has 1 aromatic rings. The van der Waals surface area contributed by atoms with Gasteiger partial charge in [-0.15, -0.1) is 11.3 Å². The Bertz CT molecular complexity index is 425. The maximum Gasteiger partial charge on any atom is 0.319 e. The lowest BCUT2D eigenvalue weighted by molar-refractivity contribution is -0.147. The highest BCUT2D eigenvalue weighted by Gasteiger charge is 2.57. The topological polar surface area (TPSA) is 66.4 Å². The van der Waals surface area contributed by atoms with Gasteiger partial charge in [0, 0.05) is 11.4 Å². The Balaban J connectivity index is 2.08. The highest BCUT2D eigenvalue weighted by molar-refractivity contribution is 7.14. The van der Waals surface area contributed by atoms with Crippen molar-refractivity contribution in [3.05, 3.63) is 17.3 Å². The number of anilines is 1. The number of hydrogen-bond donors (Lipinski definition) is 2. The van der Waals surface area contributed by atoms with Gasteiger partial charge in [0.1, 0.15) is 11.2 Å². The van der Waals surface area contributed by atoms with E-state index in [0.717, 1.165) is 11.3 Å². The standard InChI is InChI=1S/C9H8FNO3S/c10-5-3-6(15-4-5)11-7(12)9(1-2-9)8(13)14/h3-4H,1-2H2,(H,11,12)(H,13,14). The summed E-state index contributed by atoms with van der Waals surface area (Å²) in [6, 6.07) is 1.17.